The van der Waals surface area contributed by atoms with Crippen LogP contribution in [0.15, 0.2) is 41.9 Å². The maximum atomic E-state index is 12.8. The van der Waals surface area contributed by atoms with Gasteiger partial charge in [0.15, 0.2) is 0 Å². The summed E-state index contributed by atoms with van der Waals surface area (Å²) < 4.78 is 5.34. The SMILES string of the molecule is COc1ccc2ncc(Cl)c(C(O)CCC3(C(=O)NO)CCN(CCCCc4cccs4)CC3)c2c1. The first-order valence-corrected chi connectivity index (χ1v) is 13.7. The number of pyridine rings is 1. The molecule has 3 N–H and O–H groups in total. The molecular formula is C27H34ClN3O4S. The Morgan fingerprint density at radius 1 is 1.31 bits per heavy atom. The Labute approximate surface area is 221 Å². The van der Waals surface area contributed by atoms with E-state index in [9.17, 15) is 15.1 Å². The lowest BCUT2D eigenvalue weighted by Crippen LogP contribution is -2.48. The molecule has 0 radical (unpaired) electrons. The smallest absolute Gasteiger partial charge is 0.249 e. The molecule has 194 valence electrons. The number of nitrogens with one attached hydrogen (secondary N) is 1. The number of piperidine rings is 1. The number of halogens is 1. The zero-order valence-electron chi connectivity index (χ0n) is 20.6. The van der Waals surface area contributed by atoms with E-state index in [1.54, 1.807) is 24.6 Å². The summed E-state index contributed by atoms with van der Waals surface area (Å²) in [6.45, 7) is 2.59. The zero-order valence-corrected chi connectivity index (χ0v) is 22.2. The Morgan fingerprint density at radius 2 is 2.11 bits per heavy atom. The number of thiophene rings is 1. The minimum Gasteiger partial charge on any atom is -0.497 e. The molecular weight excluding hydrogens is 498 g/mol. The van der Waals surface area contributed by atoms with Gasteiger partial charge in [-0.3, -0.25) is 15.0 Å². The fraction of sp³-hybridized carbons (Fsp3) is 0.481. The number of hydrogen-bond donors (Lipinski definition) is 3. The fourth-order valence-electron chi connectivity index (χ4n) is 5.19. The molecule has 2 aromatic heterocycles. The highest BCUT2D eigenvalue weighted by molar-refractivity contribution is 7.09. The van der Waals surface area contributed by atoms with E-state index in [2.05, 4.69) is 27.4 Å². The van der Waals surface area contributed by atoms with Crippen molar-refractivity contribution in [3.63, 3.8) is 0 Å². The topological polar surface area (TPSA) is 94.9 Å². The van der Waals surface area contributed by atoms with Crippen LogP contribution in [-0.2, 0) is 11.2 Å². The van der Waals surface area contributed by atoms with Crippen LogP contribution in [0.3, 0.4) is 0 Å². The number of aliphatic hydroxyl groups is 1. The van der Waals surface area contributed by atoms with Gasteiger partial charge in [-0.1, -0.05) is 17.7 Å². The van der Waals surface area contributed by atoms with E-state index in [1.807, 2.05) is 23.7 Å². The van der Waals surface area contributed by atoms with Crippen molar-refractivity contribution in [3.05, 3.63) is 57.4 Å². The standard InChI is InChI=1S/C27H34ClN3O4S/c1-35-19-7-8-23-21(17-19)25(22(28)18-29-23)24(32)9-10-27(26(33)30-34)11-14-31(15-12-27)13-3-2-5-20-6-4-16-36-20/h4,6-8,16-18,24,32,34H,2-3,5,9-15H2,1H3,(H,30,33). The lowest BCUT2D eigenvalue weighted by Gasteiger charge is -2.40. The molecule has 0 saturated carbocycles. The van der Waals surface area contributed by atoms with Gasteiger partial charge in [0, 0.05) is 22.0 Å². The molecule has 0 spiro atoms. The van der Waals surface area contributed by atoms with Crippen LogP contribution in [0.5, 0.6) is 5.75 Å². The summed E-state index contributed by atoms with van der Waals surface area (Å²) in [4.78, 5) is 21.0. The number of ether oxygens (including phenoxy) is 1. The maximum absolute atomic E-state index is 12.8. The molecule has 1 atom stereocenters. The van der Waals surface area contributed by atoms with Crippen molar-refractivity contribution in [2.24, 2.45) is 5.41 Å². The number of benzene rings is 1. The third-order valence-corrected chi connectivity index (χ3v) is 8.66. The maximum Gasteiger partial charge on any atom is 0.249 e. The second-order valence-electron chi connectivity index (χ2n) is 9.56. The van der Waals surface area contributed by atoms with E-state index in [0.717, 1.165) is 44.3 Å². The van der Waals surface area contributed by atoms with Gasteiger partial charge in [-0.25, -0.2) is 5.48 Å². The van der Waals surface area contributed by atoms with Crippen LogP contribution in [0.25, 0.3) is 10.9 Å². The van der Waals surface area contributed by atoms with E-state index in [0.29, 0.717) is 47.5 Å². The van der Waals surface area contributed by atoms with Crippen LogP contribution in [0.1, 0.15) is 55.1 Å². The lowest BCUT2D eigenvalue weighted by atomic mass is 9.73. The zero-order chi connectivity index (χ0) is 25.5. The average Bonchev–Trinajstić information content (AvgIpc) is 3.43. The van der Waals surface area contributed by atoms with Gasteiger partial charge in [-0.2, -0.15) is 0 Å². The van der Waals surface area contributed by atoms with Gasteiger partial charge in [0.1, 0.15) is 5.75 Å². The third kappa shape index (κ3) is 6.18. The molecule has 36 heavy (non-hydrogen) atoms. The summed E-state index contributed by atoms with van der Waals surface area (Å²) in [7, 11) is 1.59. The number of aromatic nitrogens is 1. The molecule has 4 rings (SSSR count). The first kappa shape index (κ1) is 26.8. The van der Waals surface area contributed by atoms with E-state index >= 15 is 0 Å². The summed E-state index contributed by atoms with van der Waals surface area (Å²) >= 11 is 8.27. The number of hydroxylamine groups is 1. The number of unbranched alkanes of at least 4 members (excludes halogenated alkanes) is 1. The molecule has 9 heteroatoms. The number of carbonyl (C=O) groups is 1. The minimum absolute atomic E-state index is 0.338. The Bertz CT molecular complexity index is 1150. The Morgan fingerprint density at radius 3 is 2.81 bits per heavy atom. The van der Waals surface area contributed by atoms with Crippen molar-refractivity contribution >= 4 is 39.7 Å². The number of likely N-dealkylation sites (tertiary alicyclic amines) is 1. The van der Waals surface area contributed by atoms with Crippen molar-refractivity contribution in [1.29, 1.82) is 0 Å². The molecule has 1 aliphatic rings. The van der Waals surface area contributed by atoms with Crippen molar-refractivity contribution in [1.82, 2.24) is 15.4 Å². The second-order valence-corrected chi connectivity index (χ2v) is 11.0. The lowest BCUT2D eigenvalue weighted by molar-refractivity contribution is -0.143. The molecule has 0 bridgehead atoms. The molecule has 0 aliphatic carbocycles. The van der Waals surface area contributed by atoms with Crippen LogP contribution < -0.4 is 10.2 Å². The highest BCUT2D eigenvalue weighted by atomic mass is 35.5. The van der Waals surface area contributed by atoms with Gasteiger partial charge in [-0.05, 0) is 94.2 Å². The summed E-state index contributed by atoms with van der Waals surface area (Å²) in [5.41, 5.74) is 2.46. The fourth-order valence-corrected chi connectivity index (χ4v) is 6.22. The molecule has 1 aromatic carbocycles. The molecule has 1 aliphatic heterocycles. The van der Waals surface area contributed by atoms with Gasteiger partial charge in [0.2, 0.25) is 5.91 Å². The van der Waals surface area contributed by atoms with E-state index in [4.69, 9.17) is 16.3 Å². The van der Waals surface area contributed by atoms with Crippen LogP contribution in [-0.4, -0.2) is 52.8 Å². The Kier molecular flexibility index (Phi) is 9.19. The number of methoxy groups -OCH3 is 1. The van der Waals surface area contributed by atoms with E-state index < -0.39 is 11.5 Å². The quantitative estimate of drug-likeness (QED) is 0.175. The number of hydrogen-bond acceptors (Lipinski definition) is 7. The second kappa shape index (κ2) is 12.3. The molecule has 1 amide bonds. The van der Waals surface area contributed by atoms with Crippen LogP contribution >= 0.6 is 22.9 Å². The van der Waals surface area contributed by atoms with Crippen molar-refractivity contribution in [3.8, 4) is 5.75 Å². The van der Waals surface area contributed by atoms with Crippen molar-refractivity contribution < 1.29 is 19.8 Å². The van der Waals surface area contributed by atoms with Crippen LogP contribution in [0.2, 0.25) is 5.02 Å². The normalized spacial score (nSPS) is 16.7. The number of rotatable bonds is 11. The number of aliphatic hydroxyl groups excluding tert-OH is 1. The Hall–Kier alpha value is -2.23. The van der Waals surface area contributed by atoms with Gasteiger partial charge < -0.3 is 14.7 Å². The molecule has 7 nitrogen and oxygen atoms in total. The average molecular weight is 532 g/mol. The van der Waals surface area contributed by atoms with Gasteiger partial charge >= 0.3 is 0 Å². The van der Waals surface area contributed by atoms with Gasteiger partial charge in [0.05, 0.1) is 29.2 Å². The first-order chi connectivity index (χ1) is 17.5. The monoisotopic (exact) mass is 531 g/mol. The predicted octanol–water partition coefficient (Wildman–Crippen LogP) is 5.38. The summed E-state index contributed by atoms with van der Waals surface area (Å²) in [5, 5.41) is 23.9. The summed E-state index contributed by atoms with van der Waals surface area (Å²) in [5.74, 6) is 0.276. The number of nitrogens with zero attached hydrogens (tertiary/aromatic N) is 2. The molecule has 1 saturated heterocycles. The highest BCUT2D eigenvalue weighted by Gasteiger charge is 2.41. The molecule has 3 aromatic rings. The van der Waals surface area contributed by atoms with Gasteiger partial charge in [0.25, 0.3) is 0 Å². The van der Waals surface area contributed by atoms with Gasteiger partial charge in [-0.15, -0.1) is 11.3 Å². The third-order valence-electron chi connectivity index (χ3n) is 7.42. The first-order valence-electron chi connectivity index (χ1n) is 12.5. The Balaban J connectivity index is 1.38. The molecule has 1 fully saturated rings. The van der Waals surface area contributed by atoms with Crippen molar-refractivity contribution in [2.45, 2.75) is 51.0 Å². The summed E-state index contributed by atoms with van der Waals surface area (Å²) in [6.07, 6.45) is 6.09. The van der Waals surface area contributed by atoms with Crippen LogP contribution in [0.4, 0.5) is 0 Å². The van der Waals surface area contributed by atoms with Crippen LogP contribution in [0, 0.1) is 5.41 Å². The largest absolute Gasteiger partial charge is 0.497 e. The molecule has 3 heterocycles. The van der Waals surface area contributed by atoms with E-state index in [-0.39, 0.29) is 5.91 Å². The highest BCUT2D eigenvalue weighted by Crippen LogP contribution is 2.41. The van der Waals surface area contributed by atoms with E-state index in [1.165, 1.54) is 4.88 Å². The number of amides is 1. The minimum atomic E-state index is -0.881. The summed E-state index contributed by atoms with van der Waals surface area (Å²) in [6, 6.07) is 9.74. The number of aryl methyl sites for hydroxylation is 1. The molecule has 1 unspecified atom stereocenters. The number of fused-ring (bicyclic) bond motifs is 1. The predicted molar refractivity (Wildman–Crippen MR) is 143 cm³/mol. The number of carbonyl (C=O) groups excluding carboxylic acids is 1. The van der Waals surface area contributed by atoms with Crippen molar-refractivity contribution in [2.75, 3.05) is 26.7 Å².